The molecule has 0 amide bonds. The van der Waals surface area contributed by atoms with Gasteiger partial charge in [-0.25, -0.2) is 4.79 Å². The van der Waals surface area contributed by atoms with Crippen LogP contribution in [0.4, 0.5) is 13.2 Å². The van der Waals surface area contributed by atoms with Crippen molar-refractivity contribution in [2.45, 2.75) is 25.1 Å². The van der Waals surface area contributed by atoms with Gasteiger partial charge < -0.3 is 9.47 Å². The number of fused-ring (bicyclic) bond motifs is 1. The minimum absolute atomic E-state index is 0.148. The number of benzene rings is 1. The quantitative estimate of drug-likeness (QED) is 0.783. The van der Waals surface area contributed by atoms with Crippen molar-refractivity contribution in [2.75, 3.05) is 13.7 Å². The molecule has 0 radical (unpaired) electrons. The zero-order valence-corrected chi connectivity index (χ0v) is 13.5. The first kappa shape index (κ1) is 17.4. The van der Waals surface area contributed by atoms with Crippen LogP contribution < -0.4 is 0 Å². The van der Waals surface area contributed by atoms with Crippen molar-refractivity contribution in [3.8, 4) is 11.1 Å². The number of nitrogens with zero attached hydrogens (tertiary/aromatic N) is 1. The van der Waals surface area contributed by atoms with E-state index in [0.717, 1.165) is 28.8 Å². The number of alkyl halides is 3. The number of pyridine rings is 1. The molecule has 4 nitrogen and oxygen atoms in total. The number of methoxy groups -OCH3 is 1. The van der Waals surface area contributed by atoms with Gasteiger partial charge in [-0.15, -0.1) is 0 Å². The molecule has 0 saturated carbocycles. The summed E-state index contributed by atoms with van der Waals surface area (Å²) in [4.78, 5) is 15.4. The molecule has 0 N–H and O–H groups in total. The summed E-state index contributed by atoms with van der Waals surface area (Å²) in [6, 6.07) is 5.02. The predicted octanol–water partition coefficient (Wildman–Crippen LogP) is 3.94. The molecule has 0 saturated heterocycles. The van der Waals surface area contributed by atoms with Gasteiger partial charge in [-0.05, 0) is 36.1 Å². The first-order valence-electron chi connectivity index (χ1n) is 7.73. The van der Waals surface area contributed by atoms with Crippen LogP contribution in [0.25, 0.3) is 11.1 Å². The average Bonchev–Trinajstić information content (AvgIpc) is 3.02. The van der Waals surface area contributed by atoms with Gasteiger partial charge in [-0.1, -0.05) is 12.1 Å². The van der Waals surface area contributed by atoms with Crippen LogP contribution in [0.15, 0.2) is 36.7 Å². The van der Waals surface area contributed by atoms with Crippen LogP contribution in [0.3, 0.4) is 0 Å². The van der Waals surface area contributed by atoms with E-state index in [4.69, 9.17) is 4.74 Å². The van der Waals surface area contributed by atoms with Crippen LogP contribution in [0.2, 0.25) is 0 Å². The number of carbonyl (C=O) groups excluding carboxylic acids is 1. The molecule has 1 atom stereocenters. The Bertz CT molecular complexity index is 772. The Hall–Kier alpha value is -2.41. The molecular weight excluding hydrogens is 335 g/mol. The number of esters is 1. The third-order valence-electron chi connectivity index (χ3n) is 4.25. The number of rotatable bonds is 4. The van der Waals surface area contributed by atoms with Crippen molar-refractivity contribution in [1.82, 2.24) is 4.98 Å². The maximum Gasteiger partial charge on any atom is 0.416 e. The number of hydrogen-bond acceptors (Lipinski definition) is 4. The molecule has 25 heavy (non-hydrogen) atoms. The zero-order chi connectivity index (χ0) is 18.0. The summed E-state index contributed by atoms with van der Waals surface area (Å²) >= 11 is 0. The Morgan fingerprint density at radius 2 is 1.96 bits per heavy atom. The third kappa shape index (κ3) is 3.66. The molecule has 0 bridgehead atoms. The van der Waals surface area contributed by atoms with Gasteiger partial charge in [0.25, 0.3) is 0 Å². The van der Waals surface area contributed by atoms with E-state index in [9.17, 15) is 18.0 Å². The van der Waals surface area contributed by atoms with Gasteiger partial charge in [-0.2, -0.15) is 13.2 Å². The monoisotopic (exact) mass is 351 g/mol. The van der Waals surface area contributed by atoms with E-state index < -0.39 is 17.7 Å². The molecular formula is C18H16F3NO3. The van der Waals surface area contributed by atoms with Crippen LogP contribution in [-0.4, -0.2) is 24.7 Å². The minimum atomic E-state index is -4.36. The normalized spacial score (nSPS) is 16.6. The summed E-state index contributed by atoms with van der Waals surface area (Å²) in [5.41, 5.74) is 2.63. The fourth-order valence-corrected chi connectivity index (χ4v) is 2.98. The fraction of sp³-hybridized carbons (Fsp3) is 0.333. The largest absolute Gasteiger partial charge is 0.467 e. The van der Waals surface area contributed by atoms with Gasteiger partial charge in [-0.3, -0.25) is 4.98 Å². The van der Waals surface area contributed by atoms with Crippen molar-refractivity contribution in [3.05, 3.63) is 53.3 Å². The molecule has 1 aliphatic carbocycles. The van der Waals surface area contributed by atoms with E-state index in [2.05, 4.69) is 9.72 Å². The van der Waals surface area contributed by atoms with Gasteiger partial charge in [0.2, 0.25) is 0 Å². The lowest BCUT2D eigenvalue weighted by Gasteiger charge is -2.13. The lowest BCUT2D eigenvalue weighted by Crippen LogP contribution is -2.12. The Kier molecular flexibility index (Phi) is 4.76. The van der Waals surface area contributed by atoms with E-state index in [1.807, 2.05) is 0 Å². The van der Waals surface area contributed by atoms with Crippen LogP contribution in [0, 0.1) is 0 Å². The van der Waals surface area contributed by atoms with Gasteiger partial charge in [0.1, 0.15) is 6.61 Å². The zero-order valence-electron chi connectivity index (χ0n) is 13.5. The van der Waals surface area contributed by atoms with Crippen molar-refractivity contribution < 1.29 is 27.4 Å². The van der Waals surface area contributed by atoms with Crippen molar-refractivity contribution >= 4 is 5.97 Å². The summed E-state index contributed by atoms with van der Waals surface area (Å²) in [6.45, 7) is -0.148. The van der Waals surface area contributed by atoms with Crippen LogP contribution >= 0.6 is 0 Å². The summed E-state index contributed by atoms with van der Waals surface area (Å²) in [5, 5.41) is 0. The molecule has 1 aromatic heterocycles. The minimum Gasteiger partial charge on any atom is -0.467 e. The summed E-state index contributed by atoms with van der Waals surface area (Å²) in [7, 11) is 1.29. The standard InChI is InChI=1S/C18H16F3NO3/c1-24-17(23)10-25-16-7-6-13-14(8-22-9-15(13)16)11-2-4-12(5-3-11)18(19,20)21/h2-5,8-9,16H,6-7,10H2,1H3. The SMILES string of the molecule is COC(=O)COC1CCc2c(-c3ccc(C(F)(F)F)cc3)cncc21. The van der Waals surface area contributed by atoms with E-state index in [1.165, 1.54) is 19.2 Å². The maximum atomic E-state index is 12.7. The lowest BCUT2D eigenvalue weighted by atomic mass is 9.98. The molecule has 1 unspecified atom stereocenters. The number of ether oxygens (including phenoxy) is 2. The smallest absolute Gasteiger partial charge is 0.416 e. The highest BCUT2D eigenvalue weighted by Gasteiger charge is 2.31. The molecule has 0 spiro atoms. The molecule has 3 rings (SSSR count). The Labute approximate surface area is 142 Å². The third-order valence-corrected chi connectivity index (χ3v) is 4.25. The summed E-state index contributed by atoms with van der Waals surface area (Å²) in [5.74, 6) is -0.458. The second-order valence-electron chi connectivity index (χ2n) is 5.74. The highest BCUT2D eigenvalue weighted by molar-refractivity contribution is 5.71. The molecule has 1 aromatic carbocycles. The van der Waals surface area contributed by atoms with Gasteiger partial charge >= 0.3 is 12.1 Å². The highest BCUT2D eigenvalue weighted by Crippen LogP contribution is 2.39. The molecule has 1 aliphatic rings. The maximum absolute atomic E-state index is 12.7. The molecule has 0 aliphatic heterocycles. The average molecular weight is 351 g/mol. The fourth-order valence-electron chi connectivity index (χ4n) is 2.98. The van der Waals surface area contributed by atoms with Crippen molar-refractivity contribution in [3.63, 3.8) is 0 Å². The van der Waals surface area contributed by atoms with E-state index in [0.29, 0.717) is 18.4 Å². The summed E-state index contributed by atoms with van der Waals surface area (Å²) in [6.07, 6.45) is 0.0895. The Balaban J connectivity index is 1.85. The Morgan fingerprint density at radius 1 is 1.24 bits per heavy atom. The number of halogens is 3. The van der Waals surface area contributed by atoms with Gasteiger partial charge in [0.15, 0.2) is 0 Å². The lowest BCUT2D eigenvalue weighted by molar-refractivity contribution is -0.148. The van der Waals surface area contributed by atoms with E-state index in [1.54, 1.807) is 12.4 Å². The van der Waals surface area contributed by atoms with Crippen LogP contribution in [-0.2, 0) is 26.9 Å². The van der Waals surface area contributed by atoms with E-state index >= 15 is 0 Å². The predicted molar refractivity (Wildman–Crippen MR) is 83.7 cm³/mol. The van der Waals surface area contributed by atoms with Gasteiger partial charge in [0.05, 0.1) is 18.8 Å². The second kappa shape index (κ2) is 6.84. The highest BCUT2D eigenvalue weighted by atomic mass is 19.4. The molecule has 132 valence electrons. The molecule has 0 fully saturated rings. The first-order chi connectivity index (χ1) is 11.9. The first-order valence-corrected chi connectivity index (χ1v) is 7.73. The van der Waals surface area contributed by atoms with Crippen molar-refractivity contribution in [2.24, 2.45) is 0 Å². The van der Waals surface area contributed by atoms with Crippen LogP contribution in [0.1, 0.15) is 29.2 Å². The number of aromatic nitrogens is 1. The number of carbonyl (C=O) groups is 1. The van der Waals surface area contributed by atoms with E-state index in [-0.39, 0.29) is 12.7 Å². The van der Waals surface area contributed by atoms with Crippen molar-refractivity contribution in [1.29, 1.82) is 0 Å². The Morgan fingerprint density at radius 3 is 2.60 bits per heavy atom. The summed E-state index contributed by atoms with van der Waals surface area (Å²) < 4.78 is 48.2. The molecule has 2 aromatic rings. The molecule has 1 heterocycles. The molecule has 7 heteroatoms. The van der Waals surface area contributed by atoms with Gasteiger partial charge in [0, 0.05) is 23.5 Å². The number of hydrogen-bond donors (Lipinski definition) is 0. The topological polar surface area (TPSA) is 48.4 Å². The second-order valence-corrected chi connectivity index (χ2v) is 5.74. The van der Waals surface area contributed by atoms with Crippen LogP contribution in [0.5, 0.6) is 0 Å².